The van der Waals surface area contributed by atoms with E-state index in [4.69, 9.17) is 4.74 Å². The fourth-order valence-electron chi connectivity index (χ4n) is 2.26. The van der Waals surface area contributed by atoms with Crippen molar-refractivity contribution in [3.63, 3.8) is 0 Å². The Labute approximate surface area is 119 Å². The highest BCUT2D eigenvalue weighted by Crippen LogP contribution is 2.28. The van der Waals surface area contributed by atoms with Crippen LogP contribution in [0.5, 0.6) is 11.6 Å². The van der Waals surface area contributed by atoms with E-state index >= 15 is 0 Å². The maximum Gasteiger partial charge on any atom is 0.222 e. The molecule has 106 valence electrons. The van der Waals surface area contributed by atoms with E-state index < -0.39 is 0 Å². The highest BCUT2D eigenvalue weighted by atomic mass is 16.5. The van der Waals surface area contributed by atoms with Crippen molar-refractivity contribution in [3.8, 4) is 11.6 Å². The van der Waals surface area contributed by atoms with E-state index in [1.165, 1.54) is 18.4 Å². The Morgan fingerprint density at radius 3 is 2.60 bits per heavy atom. The third-order valence-corrected chi connectivity index (χ3v) is 3.67. The molecule has 0 unspecified atom stereocenters. The molecule has 20 heavy (non-hydrogen) atoms. The highest BCUT2D eigenvalue weighted by Gasteiger charge is 2.23. The summed E-state index contributed by atoms with van der Waals surface area (Å²) in [6.45, 7) is 4.93. The van der Waals surface area contributed by atoms with Crippen LogP contribution >= 0.6 is 0 Å². The van der Waals surface area contributed by atoms with Crippen molar-refractivity contribution >= 4 is 0 Å². The molecule has 1 aromatic carbocycles. The van der Waals surface area contributed by atoms with Crippen LogP contribution < -0.4 is 10.1 Å². The second-order valence-electron chi connectivity index (χ2n) is 5.56. The van der Waals surface area contributed by atoms with Crippen LogP contribution in [0.1, 0.15) is 29.7 Å². The SMILES string of the molecule is Cc1ccc(Oc2c(CNC3CC3)c(C)nn2C)cc1. The van der Waals surface area contributed by atoms with Crippen LogP contribution in [0.4, 0.5) is 0 Å². The summed E-state index contributed by atoms with van der Waals surface area (Å²) in [5.41, 5.74) is 3.41. The minimum absolute atomic E-state index is 0.682. The summed E-state index contributed by atoms with van der Waals surface area (Å²) in [5.74, 6) is 1.69. The number of hydrogen-bond donors (Lipinski definition) is 1. The van der Waals surface area contributed by atoms with Crippen molar-refractivity contribution in [1.29, 1.82) is 0 Å². The molecule has 0 bridgehead atoms. The molecule has 1 N–H and O–H groups in total. The van der Waals surface area contributed by atoms with Gasteiger partial charge >= 0.3 is 0 Å². The van der Waals surface area contributed by atoms with Gasteiger partial charge in [-0.2, -0.15) is 5.10 Å². The predicted molar refractivity (Wildman–Crippen MR) is 79.1 cm³/mol. The lowest BCUT2D eigenvalue weighted by molar-refractivity contribution is 0.423. The van der Waals surface area contributed by atoms with Crippen LogP contribution in [-0.4, -0.2) is 15.8 Å². The van der Waals surface area contributed by atoms with Gasteiger partial charge in [-0.3, -0.25) is 0 Å². The van der Waals surface area contributed by atoms with E-state index in [0.29, 0.717) is 6.04 Å². The molecule has 1 fully saturated rings. The monoisotopic (exact) mass is 271 g/mol. The molecule has 0 amide bonds. The normalized spacial score (nSPS) is 14.6. The molecule has 4 nitrogen and oxygen atoms in total. The standard InChI is InChI=1S/C16H21N3O/c1-11-4-8-14(9-5-11)20-16-15(10-17-13-6-7-13)12(2)18-19(16)3/h4-5,8-9,13,17H,6-7,10H2,1-3H3. The summed E-state index contributed by atoms with van der Waals surface area (Å²) in [6, 6.07) is 8.79. The molecule has 0 atom stereocenters. The predicted octanol–water partition coefficient (Wildman–Crippen LogP) is 3.08. The number of rotatable bonds is 5. The Kier molecular flexibility index (Phi) is 3.49. The van der Waals surface area contributed by atoms with Gasteiger partial charge in [-0.15, -0.1) is 0 Å². The zero-order valence-electron chi connectivity index (χ0n) is 12.3. The molecule has 2 aromatic rings. The maximum absolute atomic E-state index is 6.03. The van der Waals surface area contributed by atoms with Crippen molar-refractivity contribution in [2.75, 3.05) is 0 Å². The molecule has 1 aliphatic rings. The molecule has 0 radical (unpaired) electrons. The summed E-state index contributed by atoms with van der Waals surface area (Å²) in [5, 5.41) is 8.00. The molecule has 3 rings (SSSR count). The fourth-order valence-corrected chi connectivity index (χ4v) is 2.26. The molecule has 0 aliphatic heterocycles. The highest BCUT2D eigenvalue weighted by molar-refractivity contribution is 5.36. The largest absolute Gasteiger partial charge is 0.439 e. The smallest absolute Gasteiger partial charge is 0.222 e. The van der Waals surface area contributed by atoms with Gasteiger partial charge in [0.05, 0.1) is 11.3 Å². The number of ether oxygens (including phenoxy) is 1. The van der Waals surface area contributed by atoms with Crippen LogP contribution in [-0.2, 0) is 13.6 Å². The second-order valence-corrected chi connectivity index (χ2v) is 5.56. The van der Waals surface area contributed by atoms with Crippen molar-refractivity contribution in [1.82, 2.24) is 15.1 Å². The molecule has 1 saturated carbocycles. The lowest BCUT2D eigenvalue weighted by atomic mass is 10.2. The Morgan fingerprint density at radius 1 is 1.25 bits per heavy atom. The summed E-state index contributed by atoms with van der Waals surface area (Å²) in [7, 11) is 1.93. The van der Waals surface area contributed by atoms with E-state index in [-0.39, 0.29) is 0 Å². The Balaban J connectivity index is 1.81. The first-order chi connectivity index (χ1) is 9.63. The van der Waals surface area contributed by atoms with Gasteiger partial charge in [0, 0.05) is 19.6 Å². The van der Waals surface area contributed by atoms with Gasteiger partial charge in [0.1, 0.15) is 5.75 Å². The minimum atomic E-state index is 0.682. The first-order valence-corrected chi connectivity index (χ1v) is 7.14. The number of benzene rings is 1. The number of aryl methyl sites for hydroxylation is 3. The lowest BCUT2D eigenvalue weighted by Crippen LogP contribution is -2.16. The third-order valence-electron chi connectivity index (χ3n) is 3.67. The fraction of sp³-hybridized carbons (Fsp3) is 0.438. The Hall–Kier alpha value is -1.81. The molecular formula is C16H21N3O. The van der Waals surface area contributed by atoms with Gasteiger partial charge in [0.2, 0.25) is 5.88 Å². The van der Waals surface area contributed by atoms with Crippen LogP contribution in [0.15, 0.2) is 24.3 Å². The van der Waals surface area contributed by atoms with Crippen molar-refractivity contribution in [3.05, 3.63) is 41.1 Å². The van der Waals surface area contributed by atoms with Gasteiger partial charge < -0.3 is 10.1 Å². The van der Waals surface area contributed by atoms with Gasteiger partial charge in [-0.05, 0) is 38.8 Å². The third kappa shape index (κ3) is 2.85. The zero-order valence-corrected chi connectivity index (χ0v) is 12.3. The molecule has 1 heterocycles. The Morgan fingerprint density at radius 2 is 1.95 bits per heavy atom. The van der Waals surface area contributed by atoms with Gasteiger partial charge in [0.15, 0.2) is 0 Å². The second kappa shape index (κ2) is 5.29. The summed E-state index contributed by atoms with van der Waals surface area (Å²) < 4.78 is 7.85. The van der Waals surface area contributed by atoms with E-state index in [0.717, 1.165) is 29.4 Å². The Bertz CT molecular complexity index is 597. The van der Waals surface area contributed by atoms with Gasteiger partial charge in [0.25, 0.3) is 0 Å². The zero-order chi connectivity index (χ0) is 14.1. The van der Waals surface area contributed by atoms with E-state index in [1.807, 2.05) is 30.8 Å². The average Bonchev–Trinajstić information content (AvgIpc) is 3.19. The van der Waals surface area contributed by atoms with E-state index in [1.54, 1.807) is 0 Å². The topological polar surface area (TPSA) is 39.1 Å². The summed E-state index contributed by atoms with van der Waals surface area (Å²) in [6.07, 6.45) is 2.57. The van der Waals surface area contributed by atoms with Gasteiger partial charge in [-0.25, -0.2) is 4.68 Å². The maximum atomic E-state index is 6.03. The average molecular weight is 271 g/mol. The minimum Gasteiger partial charge on any atom is -0.439 e. The van der Waals surface area contributed by atoms with E-state index in [2.05, 4.69) is 29.5 Å². The van der Waals surface area contributed by atoms with E-state index in [9.17, 15) is 0 Å². The van der Waals surface area contributed by atoms with Crippen molar-refractivity contribution in [2.24, 2.45) is 7.05 Å². The molecule has 1 aliphatic carbocycles. The van der Waals surface area contributed by atoms with Gasteiger partial charge in [-0.1, -0.05) is 17.7 Å². The molecule has 1 aromatic heterocycles. The number of aromatic nitrogens is 2. The quantitative estimate of drug-likeness (QED) is 0.908. The van der Waals surface area contributed by atoms with Crippen LogP contribution in [0.25, 0.3) is 0 Å². The first-order valence-electron chi connectivity index (χ1n) is 7.14. The first kappa shape index (κ1) is 13.2. The van der Waals surface area contributed by atoms with Crippen LogP contribution in [0.3, 0.4) is 0 Å². The molecule has 0 saturated heterocycles. The van der Waals surface area contributed by atoms with Crippen LogP contribution in [0, 0.1) is 13.8 Å². The summed E-state index contributed by atoms with van der Waals surface area (Å²) in [4.78, 5) is 0. The number of nitrogens with one attached hydrogen (secondary N) is 1. The molecular weight excluding hydrogens is 250 g/mol. The lowest BCUT2D eigenvalue weighted by Gasteiger charge is -2.09. The van der Waals surface area contributed by atoms with Crippen LogP contribution in [0.2, 0.25) is 0 Å². The molecule has 4 heteroatoms. The summed E-state index contributed by atoms with van der Waals surface area (Å²) >= 11 is 0. The van der Waals surface area contributed by atoms with Crippen molar-refractivity contribution in [2.45, 2.75) is 39.3 Å². The molecule has 0 spiro atoms. The number of hydrogen-bond acceptors (Lipinski definition) is 3. The number of nitrogens with zero attached hydrogens (tertiary/aromatic N) is 2. The van der Waals surface area contributed by atoms with Crippen molar-refractivity contribution < 1.29 is 4.74 Å².